The van der Waals surface area contributed by atoms with Crippen molar-refractivity contribution in [2.45, 2.75) is 30.8 Å². The predicted octanol–water partition coefficient (Wildman–Crippen LogP) is 3.34. The van der Waals surface area contributed by atoms with Crippen LogP contribution in [0.4, 0.5) is 4.39 Å². The number of hydrogen-bond donors (Lipinski definition) is 1. The van der Waals surface area contributed by atoms with E-state index in [1.165, 1.54) is 12.1 Å². The molecule has 1 N–H and O–H groups in total. The summed E-state index contributed by atoms with van der Waals surface area (Å²) in [6.45, 7) is 0.674. The van der Waals surface area contributed by atoms with Gasteiger partial charge in [-0.25, -0.2) is 4.39 Å². The van der Waals surface area contributed by atoms with Crippen molar-refractivity contribution in [1.29, 1.82) is 0 Å². The summed E-state index contributed by atoms with van der Waals surface area (Å²) in [7, 11) is 0. The third-order valence-corrected chi connectivity index (χ3v) is 3.39. The lowest BCUT2D eigenvalue weighted by atomic mass is 9.92. The molecule has 4 heteroatoms. The van der Waals surface area contributed by atoms with Gasteiger partial charge in [-0.1, -0.05) is 17.7 Å². The standard InChI is InChI=1S/C11H12Cl2FN/c12-8-3-10(4-8)15-6-7-1-2-9(14)5-11(7)13/h1-2,5,8,10,15H,3-4,6H2. The highest BCUT2D eigenvalue weighted by atomic mass is 35.5. The van der Waals surface area contributed by atoms with Crippen LogP contribution in [0.1, 0.15) is 18.4 Å². The molecule has 1 aromatic carbocycles. The average molecular weight is 248 g/mol. The second-order valence-corrected chi connectivity index (χ2v) is 4.91. The number of benzene rings is 1. The van der Waals surface area contributed by atoms with Gasteiger partial charge in [-0.2, -0.15) is 0 Å². The molecule has 0 amide bonds. The number of halogens is 3. The molecule has 0 radical (unpaired) electrons. The molecule has 0 aliphatic heterocycles. The molecule has 2 rings (SSSR count). The van der Waals surface area contributed by atoms with Gasteiger partial charge in [0.1, 0.15) is 5.82 Å². The maximum Gasteiger partial charge on any atom is 0.124 e. The van der Waals surface area contributed by atoms with Crippen LogP contribution in [0.3, 0.4) is 0 Å². The van der Waals surface area contributed by atoms with E-state index in [0.717, 1.165) is 18.4 Å². The van der Waals surface area contributed by atoms with Crippen molar-refractivity contribution in [3.63, 3.8) is 0 Å². The topological polar surface area (TPSA) is 12.0 Å². The van der Waals surface area contributed by atoms with Crippen molar-refractivity contribution in [2.75, 3.05) is 0 Å². The Balaban J connectivity index is 1.88. The Kier molecular flexibility index (Phi) is 3.49. The van der Waals surface area contributed by atoms with Crippen LogP contribution in [0.25, 0.3) is 0 Å². The van der Waals surface area contributed by atoms with Gasteiger partial charge in [0.2, 0.25) is 0 Å². The van der Waals surface area contributed by atoms with E-state index in [4.69, 9.17) is 23.2 Å². The Bertz CT molecular complexity index is 350. The molecule has 0 bridgehead atoms. The van der Waals surface area contributed by atoms with Crippen LogP contribution >= 0.6 is 23.2 Å². The molecular weight excluding hydrogens is 236 g/mol. The number of nitrogens with one attached hydrogen (secondary N) is 1. The molecule has 1 fully saturated rings. The Morgan fingerprint density at radius 2 is 2.13 bits per heavy atom. The lowest BCUT2D eigenvalue weighted by Crippen LogP contribution is -2.41. The van der Waals surface area contributed by atoms with E-state index in [1.807, 2.05) is 0 Å². The zero-order valence-electron chi connectivity index (χ0n) is 8.14. The van der Waals surface area contributed by atoms with Gasteiger partial charge in [0, 0.05) is 23.0 Å². The van der Waals surface area contributed by atoms with Crippen LogP contribution in [0.15, 0.2) is 18.2 Å². The van der Waals surface area contributed by atoms with Crippen LogP contribution in [0.5, 0.6) is 0 Å². The first-order chi connectivity index (χ1) is 7.15. The molecule has 1 aliphatic carbocycles. The fourth-order valence-corrected chi connectivity index (χ4v) is 2.30. The van der Waals surface area contributed by atoms with E-state index in [2.05, 4.69) is 5.32 Å². The van der Waals surface area contributed by atoms with Crippen LogP contribution in [-0.4, -0.2) is 11.4 Å². The van der Waals surface area contributed by atoms with Gasteiger partial charge >= 0.3 is 0 Å². The summed E-state index contributed by atoms with van der Waals surface area (Å²) in [5.74, 6) is -0.298. The Hall–Kier alpha value is -0.310. The highest BCUT2D eigenvalue weighted by molar-refractivity contribution is 6.31. The first-order valence-electron chi connectivity index (χ1n) is 4.96. The maximum absolute atomic E-state index is 12.8. The monoisotopic (exact) mass is 247 g/mol. The van der Waals surface area contributed by atoms with Crippen molar-refractivity contribution in [2.24, 2.45) is 0 Å². The largest absolute Gasteiger partial charge is 0.310 e. The molecule has 0 aromatic heterocycles. The van der Waals surface area contributed by atoms with Gasteiger partial charge in [0.25, 0.3) is 0 Å². The van der Waals surface area contributed by atoms with E-state index >= 15 is 0 Å². The second kappa shape index (κ2) is 4.69. The zero-order valence-corrected chi connectivity index (χ0v) is 9.65. The molecule has 82 valence electrons. The molecular formula is C11H12Cl2FN. The van der Waals surface area contributed by atoms with Gasteiger partial charge in [-0.05, 0) is 30.5 Å². The van der Waals surface area contributed by atoms with Crippen molar-refractivity contribution < 1.29 is 4.39 Å². The predicted molar refractivity (Wildman–Crippen MR) is 60.9 cm³/mol. The van der Waals surface area contributed by atoms with Crippen LogP contribution in [0, 0.1) is 5.82 Å². The van der Waals surface area contributed by atoms with Crippen LogP contribution < -0.4 is 5.32 Å². The summed E-state index contributed by atoms with van der Waals surface area (Å²) in [6, 6.07) is 4.95. The van der Waals surface area contributed by atoms with Gasteiger partial charge in [0.05, 0.1) is 0 Å². The van der Waals surface area contributed by atoms with Gasteiger partial charge in [0.15, 0.2) is 0 Å². The molecule has 1 saturated carbocycles. The van der Waals surface area contributed by atoms with E-state index in [9.17, 15) is 4.39 Å². The summed E-state index contributed by atoms with van der Waals surface area (Å²) >= 11 is 11.8. The summed E-state index contributed by atoms with van der Waals surface area (Å²) in [4.78, 5) is 0. The van der Waals surface area contributed by atoms with E-state index in [0.29, 0.717) is 23.0 Å². The lowest BCUT2D eigenvalue weighted by Gasteiger charge is -2.31. The van der Waals surface area contributed by atoms with Crippen LogP contribution in [-0.2, 0) is 6.54 Å². The minimum Gasteiger partial charge on any atom is -0.310 e. The minimum absolute atomic E-state index is 0.298. The highest BCUT2D eigenvalue weighted by Gasteiger charge is 2.26. The van der Waals surface area contributed by atoms with Gasteiger partial charge in [-0.15, -0.1) is 11.6 Å². The first-order valence-corrected chi connectivity index (χ1v) is 5.78. The molecule has 1 aliphatic rings. The van der Waals surface area contributed by atoms with Crippen molar-refractivity contribution >= 4 is 23.2 Å². The minimum atomic E-state index is -0.298. The summed E-state index contributed by atoms with van der Waals surface area (Å²) in [6.07, 6.45) is 2.00. The van der Waals surface area contributed by atoms with Gasteiger partial charge in [-0.3, -0.25) is 0 Å². The number of rotatable bonds is 3. The average Bonchev–Trinajstić information content (AvgIpc) is 2.13. The molecule has 0 saturated heterocycles. The smallest absolute Gasteiger partial charge is 0.124 e. The Labute approximate surface area is 98.6 Å². The molecule has 1 aromatic rings. The van der Waals surface area contributed by atoms with Crippen molar-refractivity contribution in [1.82, 2.24) is 5.32 Å². The highest BCUT2D eigenvalue weighted by Crippen LogP contribution is 2.26. The Morgan fingerprint density at radius 1 is 1.40 bits per heavy atom. The fraction of sp³-hybridized carbons (Fsp3) is 0.455. The third kappa shape index (κ3) is 2.83. The fourth-order valence-electron chi connectivity index (χ4n) is 1.63. The summed E-state index contributed by atoms with van der Waals surface area (Å²) in [5, 5.41) is 4.12. The molecule has 1 nitrogen and oxygen atoms in total. The number of alkyl halides is 1. The van der Waals surface area contributed by atoms with Crippen molar-refractivity contribution in [3.05, 3.63) is 34.6 Å². The SMILES string of the molecule is Fc1ccc(CNC2CC(Cl)C2)c(Cl)c1. The quantitative estimate of drug-likeness (QED) is 0.809. The van der Waals surface area contributed by atoms with E-state index < -0.39 is 0 Å². The molecule has 0 unspecified atom stereocenters. The lowest BCUT2D eigenvalue weighted by molar-refractivity contribution is 0.345. The molecule has 15 heavy (non-hydrogen) atoms. The van der Waals surface area contributed by atoms with Gasteiger partial charge < -0.3 is 5.32 Å². The zero-order chi connectivity index (χ0) is 10.8. The maximum atomic E-state index is 12.8. The molecule has 0 heterocycles. The summed E-state index contributed by atoms with van der Waals surface area (Å²) in [5.41, 5.74) is 0.927. The van der Waals surface area contributed by atoms with Crippen LogP contribution in [0.2, 0.25) is 5.02 Å². The first kappa shape index (κ1) is 11.2. The molecule has 0 spiro atoms. The van der Waals surface area contributed by atoms with Crippen molar-refractivity contribution in [3.8, 4) is 0 Å². The second-order valence-electron chi connectivity index (χ2n) is 3.88. The van der Waals surface area contributed by atoms with E-state index in [-0.39, 0.29) is 5.82 Å². The Morgan fingerprint density at radius 3 is 2.73 bits per heavy atom. The third-order valence-electron chi connectivity index (χ3n) is 2.68. The number of hydrogen-bond acceptors (Lipinski definition) is 1. The normalized spacial score (nSPS) is 25.0. The summed E-state index contributed by atoms with van der Waals surface area (Å²) < 4.78 is 12.8. The van der Waals surface area contributed by atoms with E-state index in [1.54, 1.807) is 6.07 Å². The molecule has 0 atom stereocenters.